The summed E-state index contributed by atoms with van der Waals surface area (Å²) in [5.41, 5.74) is 2.18. The van der Waals surface area contributed by atoms with Gasteiger partial charge in [0.15, 0.2) is 0 Å². The zero-order valence-electron chi connectivity index (χ0n) is 27.2. The Kier molecular flexibility index (Phi) is 9.47. The fourth-order valence-corrected chi connectivity index (χ4v) is 9.09. The first-order chi connectivity index (χ1) is 24.3. The first-order valence-corrected chi connectivity index (χ1v) is 19.5. The summed E-state index contributed by atoms with van der Waals surface area (Å²) >= 11 is 0. The van der Waals surface area contributed by atoms with Crippen LogP contribution in [0.15, 0.2) is 153 Å². The molecular weight excluding hydrogens is 665 g/mol. The van der Waals surface area contributed by atoms with E-state index in [1.54, 1.807) is 73.1 Å². The predicted octanol–water partition coefficient (Wildman–Crippen LogP) is 8.44. The number of sulfonamides is 2. The standard InChI is InChI=1S/C40H36N4O4S2/c45-49(46,39-25-11-17-29-13-1-5-19-33(29)39)43-35-21-7-3-15-31(35)27-41-37-23-9-10-24-38(37)42-28-32-16-4-8-22-36(32)44-50(47,48)40-26-12-18-30-14-2-6-20-34(30)40/h1-8,11-22,25-28,37-38,43-44H,9-10,23-24H2/t37-,38-/m1/s1. The monoisotopic (exact) mass is 700 g/mol. The number of aliphatic imine (C=N–C) groups is 2. The maximum absolute atomic E-state index is 13.6. The van der Waals surface area contributed by atoms with Gasteiger partial charge in [-0.2, -0.15) is 0 Å². The zero-order chi connectivity index (χ0) is 34.6. The van der Waals surface area contributed by atoms with Crippen molar-refractivity contribution in [3.8, 4) is 0 Å². The number of rotatable bonds is 10. The van der Waals surface area contributed by atoms with Crippen LogP contribution in [0.25, 0.3) is 21.5 Å². The molecule has 6 aromatic rings. The molecule has 0 unspecified atom stereocenters. The number of anilines is 2. The minimum Gasteiger partial charge on any atom is -0.287 e. The van der Waals surface area contributed by atoms with E-state index in [9.17, 15) is 16.8 Å². The first kappa shape index (κ1) is 33.2. The number of hydrogen-bond donors (Lipinski definition) is 2. The average Bonchev–Trinajstić information content (AvgIpc) is 3.13. The van der Waals surface area contributed by atoms with Gasteiger partial charge in [-0.25, -0.2) is 16.8 Å². The average molecular weight is 701 g/mol. The molecule has 2 atom stereocenters. The summed E-state index contributed by atoms with van der Waals surface area (Å²) in [7, 11) is -7.77. The van der Waals surface area contributed by atoms with Crippen molar-refractivity contribution in [3.05, 3.63) is 145 Å². The van der Waals surface area contributed by atoms with E-state index in [-0.39, 0.29) is 21.9 Å². The molecule has 1 aliphatic carbocycles. The number of benzene rings is 6. The van der Waals surface area contributed by atoms with Crippen molar-refractivity contribution in [1.29, 1.82) is 0 Å². The summed E-state index contributed by atoms with van der Waals surface area (Å²) in [6.07, 6.45) is 7.13. The van der Waals surface area contributed by atoms with Gasteiger partial charge >= 0.3 is 0 Å². The Balaban J connectivity index is 1.11. The minimum atomic E-state index is -3.89. The van der Waals surface area contributed by atoms with Crippen molar-refractivity contribution in [2.75, 3.05) is 9.44 Å². The van der Waals surface area contributed by atoms with E-state index in [0.717, 1.165) is 36.5 Å². The topological polar surface area (TPSA) is 117 Å². The Morgan fingerprint density at radius 2 is 0.860 bits per heavy atom. The molecule has 0 saturated heterocycles. The van der Waals surface area contributed by atoms with Gasteiger partial charge in [0.25, 0.3) is 20.0 Å². The molecule has 1 aliphatic rings. The van der Waals surface area contributed by atoms with Crippen LogP contribution >= 0.6 is 0 Å². The highest BCUT2D eigenvalue weighted by Gasteiger charge is 2.24. The predicted molar refractivity (Wildman–Crippen MR) is 204 cm³/mol. The van der Waals surface area contributed by atoms with E-state index in [2.05, 4.69) is 9.44 Å². The molecule has 0 bridgehead atoms. The van der Waals surface area contributed by atoms with Crippen LogP contribution in [0.1, 0.15) is 36.8 Å². The van der Waals surface area contributed by atoms with E-state index in [1.165, 1.54) is 0 Å². The molecule has 1 saturated carbocycles. The normalized spacial score (nSPS) is 17.0. The summed E-state index contributed by atoms with van der Waals surface area (Å²) in [4.78, 5) is 10.3. The quantitative estimate of drug-likeness (QED) is 0.140. The first-order valence-electron chi connectivity index (χ1n) is 16.5. The van der Waals surface area contributed by atoms with E-state index in [0.29, 0.717) is 33.3 Å². The fourth-order valence-electron chi connectivity index (χ4n) is 6.46. The van der Waals surface area contributed by atoms with Gasteiger partial charge < -0.3 is 0 Å². The molecule has 0 heterocycles. The molecule has 252 valence electrons. The zero-order valence-corrected chi connectivity index (χ0v) is 28.8. The van der Waals surface area contributed by atoms with Crippen molar-refractivity contribution in [2.45, 2.75) is 47.6 Å². The number of nitrogens with zero attached hydrogens (tertiary/aromatic N) is 2. The number of fused-ring (bicyclic) bond motifs is 2. The molecule has 7 rings (SSSR count). The second-order valence-corrected chi connectivity index (χ2v) is 15.6. The van der Waals surface area contributed by atoms with Gasteiger partial charge in [-0.05, 0) is 47.9 Å². The van der Waals surface area contributed by atoms with E-state index < -0.39 is 20.0 Å². The minimum absolute atomic E-state index is 0.123. The van der Waals surface area contributed by atoms with Crippen LogP contribution in [-0.4, -0.2) is 41.3 Å². The lowest BCUT2D eigenvalue weighted by atomic mass is 9.91. The van der Waals surface area contributed by atoms with Crippen LogP contribution in [0, 0.1) is 0 Å². The molecule has 0 aliphatic heterocycles. The van der Waals surface area contributed by atoms with Gasteiger partial charge in [0.1, 0.15) is 0 Å². The second kappa shape index (κ2) is 14.3. The molecule has 2 N–H and O–H groups in total. The highest BCUT2D eigenvalue weighted by Crippen LogP contribution is 2.29. The summed E-state index contributed by atoms with van der Waals surface area (Å²) < 4.78 is 59.9. The van der Waals surface area contributed by atoms with Crippen molar-refractivity contribution < 1.29 is 16.8 Å². The molecule has 10 heteroatoms. The highest BCUT2D eigenvalue weighted by molar-refractivity contribution is 7.93. The molecule has 8 nitrogen and oxygen atoms in total. The van der Waals surface area contributed by atoms with Crippen LogP contribution in [0.4, 0.5) is 11.4 Å². The van der Waals surface area contributed by atoms with Crippen molar-refractivity contribution >= 4 is 65.4 Å². The summed E-state index contributed by atoms with van der Waals surface area (Å²) in [6, 6.07) is 39.5. The van der Waals surface area contributed by atoms with Crippen molar-refractivity contribution in [2.24, 2.45) is 9.98 Å². The Morgan fingerprint density at radius 3 is 1.32 bits per heavy atom. The Labute approximate surface area is 292 Å². The number of para-hydroxylation sites is 2. The molecule has 0 amide bonds. The molecule has 0 spiro atoms. The maximum Gasteiger partial charge on any atom is 0.262 e. The molecule has 6 aromatic carbocycles. The third kappa shape index (κ3) is 7.17. The summed E-state index contributed by atoms with van der Waals surface area (Å²) in [5, 5.41) is 3.00. The number of hydrogen-bond acceptors (Lipinski definition) is 6. The van der Waals surface area contributed by atoms with E-state index in [4.69, 9.17) is 9.98 Å². The van der Waals surface area contributed by atoms with E-state index >= 15 is 0 Å². The van der Waals surface area contributed by atoms with Crippen LogP contribution in [0.2, 0.25) is 0 Å². The third-order valence-electron chi connectivity index (χ3n) is 8.99. The lowest BCUT2D eigenvalue weighted by molar-refractivity contribution is 0.390. The van der Waals surface area contributed by atoms with Gasteiger partial charge in [-0.15, -0.1) is 0 Å². The Morgan fingerprint density at radius 1 is 0.480 bits per heavy atom. The van der Waals surface area contributed by atoms with Gasteiger partial charge in [0, 0.05) is 34.3 Å². The van der Waals surface area contributed by atoms with Crippen LogP contribution in [-0.2, 0) is 20.0 Å². The lowest BCUT2D eigenvalue weighted by Crippen LogP contribution is -2.27. The van der Waals surface area contributed by atoms with Crippen LogP contribution in [0.5, 0.6) is 0 Å². The SMILES string of the molecule is O=S(=O)(Nc1ccccc1C=N[C@@H]1CCCC[C@H]1N=Cc1ccccc1NS(=O)(=O)c1cccc2ccccc12)c1cccc2ccccc12. The molecule has 1 fully saturated rings. The van der Waals surface area contributed by atoms with Crippen LogP contribution in [0.3, 0.4) is 0 Å². The van der Waals surface area contributed by atoms with E-state index in [1.807, 2.05) is 72.8 Å². The van der Waals surface area contributed by atoms with Crippen molar-refractivity contribution in [1.82, 2.24) is 0 Å². The molecular formula is C40H36N4O4S2. The summed E-state index contributed by atoms with van der Waals surface area (Å²) in [5.74, 6) is 0. The van der Waals surface area contributed by atoms with Gasteiger partial charge in [-0.1, -0.05) is 122 Å². The smallest absolute Gasteiger partial charge is 0.262 e. The second-order valence-electron chi connectivity index (χ2n) is 12.3. The highest BCUT2D eigenvalue weighted by atomic mass is 32.2. The maximum atomic E-state index is 13.6. The Hall–Kier alpha value is -5.32. The molecule has 50 heavy (non-hydrogen) atoms. The third-order valence-corrected chi connectivity index (χ3v) is 11.8. The van der Waals surface area contributed by atoms with Gasteiger partial charge in [0.2, 0.25) is 0 Å². The molecule has 0 aromatic heterocycles. The van der Waals surface area contributed by atoms with Crippen molar-refractivity contribution in [3.63, 3.8) is 0 Å². The van der Waals surface area contributed by atoms with Crippen LogP contribution < -0.4 is 9.44 Å². The Bertz CT molecular complexity index is 2280. The lowest BCUT2D eigenvalue weighted by Gasteiger charge is -2.25. The summed E-state index contributed by atoms with van der Waals surface area (Å²) in [6.45, 7) is 0. The fraction of sp³-hybridized carbons (Fsp3) is 0.150. The number of nitrogens with one attached hydrogen (secondary N) is 2. The van der Waals surface area contributed by atoms with Gasteiger partial charge in [-0.3, -0.25) is 19.4 Å². The largest absolute Gasteiger partial charge is 0.287 e. The van der Waals surface area contributed by atoms with Gasteiger partial charge in [0.05, 0.1) is 33.2 Å². The molecule has 0 radical (unpaired) electrons.